The Labute approximate surface area is 185 Å². The van der Waals surface area contributed by atoms with E-state index in [0.29, 0.717) is 18.2 Å². The molecule has 0 aliphatic heterocycles. The van der Waals surface area contributed by atoms with Crippen molar-refractivity contribution in [3.05, 3.63) is 45.3 Å². The largest absolute Gasteiger partial charge is 0.416 e. The van der Waals surface area contributed by atoms with E-state index >= 15 is 0 Å². The first-order valence-corrected chi connectivity index (χ1v) is 10.9. The second-order valence-electron chi connectivity index (χ2n) is 8.01. The Morgan fingerprint density at radius 1 is 1.06 bits per heavy atom. The zero-order valence-electron chi connectivity index (χ0n) is 17.5. The van der Waals surface area contributed by atoms with Crippen molar-refractivity contribution in [2.24, 2.45) is 5.92 Å². The van der Waals surface area contributed by atoms with E-state index < -0.39 is 35.0 Å². The fourth-order valence-electron chi connectivity index (χ4n) is 3.86. The van der Waals surface area contributed by atoms with Gasteiger partial charge in [0.15, 0.2) is 0 Å². The maximum absolute atomic E-state index is 13.0. The quantitative estimate of drug-likeness (QED) is 0.542. The molecule has 0 saturated heterocycles. The van der Waals surface area contributed by atoms with Gasteiger partial charge in [0.05, 0.1) is 16.1 Å². The molecule has 32 heavy (non-hydrogen) atoms. The van der Waals surface area contributed by atoms with E-state index in [1.54, 1.807) is 11.3 Å². The highest BCUT2D eigenvalue weighted by Gasteiger charge is 2.37. The van der Waals surface area contributed by atoms with Crippen LogP contribution in [0.25, 0.3) is 0 Å². The molecule has 1 saturated carbocycles. The van der Waals surface area contributed by atoms with Gasteiger partial charge in [0.2, 0.25) is 0 Å². The van der Waals surface area contributed by atoms with E-state index in [9.17, 15) is 31.1 Å². The van der Waals surface area contributed by atoms with Gasteiger partial charge in [-0.1, -0.05) is 0 Å². The number of thiazole rings is 1. The van der Waals surface area contributed by atoms with Crippen LogP contribution < -0.4 is 10.2 Å². The number of carbonyl (C=O) groups excluding carboxylic acids is 1. The number of nitrogens with one attached hydrogen (secondary N) is 1. The molecule has 2 aromatic rings. The molecule has 11 heteroatoms. The number of hydrogen-bond acceptors (Lipinski definition) is 4. The topological polar surface area (TPSA) is 45.2 Å². The normalized spacial score (nSPS) is 19.6. The summed E-state index contributed by atoms with van der Waals surface area (Å²) in [7, 11) is 1.98. The van der Waals surface area contributed by atoms with Crippen molar-refractivity contribution < 1.29 is 31.1 Å². The lowest BCUT2D eigenvalue weighted by Crippen LogP contribution is -2.38. The fraction of sp³-hybridized carbons (Fsp3) is 0.524. The van der Waals surface area contributed by atoms with Gasteiger partial charge in [-0.3, -0.25) is 4.79 Å². The number of rotatable bonds is 5. The van der Waals surface area contributed by atoms with Crippen LogP contribution in [0, 0.1) is 12.8 Å². The van der Waals surface area contributed by atoms with Gasteiger partial charge >= 0.3 is 12.4 Å². The Hall–Kier alpha value is -2.30. The highest BCUT2D eigenvalue weighted by molar-refractivity contribution is 7.09. The van der Waals surface area contributed by atoms with Crippen molar-refractivity contribution in [3.8, 4) is 0 Å². The Morgan fingerprint density at radius 2 is 1.62 bits per heavy atom. The SMILES string of the molecule is Cc1nc(N(C)C2CCC(CNC(=O)c3cc(C(F)(F)F)cc(C(F)(F)F)c3)CC2)cs1. The van der Waals surface area contributed by atoms with Crippen LogP contribution in [0.5, 0.6) is 0 Å². The lowest BCUT2D eigenvalue weighted by Gasteiger charge is -2.35. The number of aromatic nitrogens is 1. The predicted octanol–water partition coefficient (Wildman–Crippen LogP) is 5.91. The molecule has 1 amide bonds. The number of nitrogens with zero attached hydrogens (tertiary/aromatic N) is 2. The summed E-state index contributed by atoms with van der Waals surface area (Å²) in [4.78, 5) is 18.9. The minimum absolute atomic E-state index is 0.0123. The van der Waals surface area contributed by atoms with Crippen molar-refractivity contribution in [1.29, 1.82) is 0 Å². The lowest BCUT2D eigenvalue weighted by molar-refractivity contribution is -0.143. The van der Waals surface area contributed by atoms with Crippen LogP contribution in [0.4, 0.5) is 32.2 Å². The summed E-state index contributed by atoms with van der Waals surface area (Å²) < 4.78 is 78.0. The van der Waals surface area contributed by atoms with Crippen molar-refractivity contribution in [2.45, 2.75) is 51.0 Å². The number of carbonyl (C=O) groups is 1. The molecule has 176 valence electrons. The van der Waals surface area contributed by atoms with E-state index in [0.717, 1.165) is 36.5 Å². The fourth-order valence-corrected chi connectivity index (χ4v) is 4.50. The van der Waals surface area contributed by atoms with Crippen LogP contribution in [0.1, 0.15) is 52.2 Å². The van der Waals surface area contributed by atoms with E-state index in [4.69, 9.17) is 0 Å². The minimum Gasteiger partial charge on any atom is -0.356 e. The number of amides is 1. The van der Waals surface area contributed by atoms with Crippen molar-refractivity contribution >= 4 is 23.1 Å². The number of alkyl halides is 6. The van der Waals surface area contributed by atoms with Gasteiger partial charge in [0.1, 0.15) is 5.82 Å². The smallest absolute Gasteiger partial charge is 0.356 e. The number of halogens is 6. The van der Waals surface area contributed by atoms with Crippen LogP contribution in [-0.4, -0.2) is 30.5 Å². The summed E-state index contributed by atoms with van der Waals surface area (Å²) in [6, 6.07) is 1.21. The number of aryl methyl sites for hydroxylation is 1. The highest BCUT2D eigenvalue weighted by Crippen LogP contribution is 2.36. The van der Waals surface area contributed by atoms with Gasteiger partial charge in [0.25, 0.3) is 5.91 Å². The molecule has 1 heterocycles. The first-order chi connectivity index (χ1) is 14.8. The van der Waals surface area contributed by atoms with Gasteiger partial charge in [-0.15, -0.1) is 11.3 Å². The molecule has 1 aromatic carbocycles. The maximum atomic E-state index is 13.0. The molecule has 1 aromatic heterocycles. The Bertz CT molecular complexity index is 915. The number of anilines is 1. The molecule has 1 aliphatic rings. The van der Waals surface area contributed by atoms with Crippen LogP contribution in [0.15, 0.2) is 23.6 Å². The molecular formula is C21H23F6N3OS. The second-order valence-corrected chi connectivity index (χ2v) is 9.08. The lowest BCUT2D eigenvalue weighted by atomic mass is 9.85. The average molecular weight is 479 g/mol. The second kappa shape index (κ2) is 9.29. The summed E-state index contributed by atoms with van der Waals surface area (Å²) in [6.07, 6.45) is -6.69. The van der Waals surface area contributed by atoms with Crippen LogP contribution in [-0.2, 0) is 12.4 Å². The van der Waals surface area contributed by atoms with Gasteiger partial charge in [-0.05, 0) is 56.7 Å². The molecule has 1 N–H and O–H groups in total. The molecule has 1 fully saturated rings. The summed E-state index contributed by atoms with van der Waals surface area (Å²) in [5, 5.41) is 5.48. The van der Waals surface area contributed by atoms with Crippen LogP contribution in [0.3, 0.4) is 0 Å². The zero-order chi connectivity index (χ0) is 23.7. The standard InChI is InChI=1S/C21H23F6N3OS/c1-12-29-18(11-32-12)30(2)17-5-3-13(4-6-17)10-28-19(31)14-7-15(20(22,23)24)9-16(8-14)21(25,26)27/h7-9,11,13,17H,3-6,10H2,1-2H3,(H,28,31). The number of benzene rings is 1. The Balaban J connectivity index is 1.59. The summed E-state index contributed by atoms with van der Waals surface area (Å²) in [5.74, 6) is 0.0710. The maximum Gasteiger partial charge on any atom is 0.416 e. The molecule has 0 atom stereocenters. The number of hydrogen-bond donors (Lipinski definition) is 1. The summed E-state index contributed by atoms with van der Waals surface area (Å²) in [5.41, 5.74) is -3.66. The third-order valence-electron chi connectivity index (χ3n) is 5.73. The third-order valence-corrected chi connectivity index (χ3v) is 6.49. The van der Waals surface area contributed by atoms with Gasteiger partial charge in [-0.2, -0.15) is 26.3 Å². The molecule has 0 radical (unpaired) electrons. The Kier molecular flexibility index (Phi) is 7.06. The van der Waals surface area contributed by atoms with Gasteiger partial charge < -0.3 is 10.2 Å². The molecular weight excluding hydrogens is 456 g/mol. The predicted molar refractivity (Wildman–Crippen MR) is 110 cm³/mol. The zero-order valence-corrected chi connectivity index (χ0v) is 18.3. The molecule has 1 aliphatic carbocycles. The molecule has 0 bridgehead atoms. The van der Waals surface area contributed by atoms with E-state index in [2.05, 4.69) is 15.2 Å². The average Bonchev–Trinajstić information content (AvgIpc) is 3.16. The third kappa shape index (κ3) is 5.93. The van der Waals surface area contributed by atoms with Crippen molar-refractivity contribution in [2.75, 3.05) is 18.5 Å². The first kappa shape index (κ1) is 24.3. The molecule has 0 spiro atoms. The van der Waals surface area contributed by atoms with Gasteiger partial charge in [0, 0.05) is 30.6 Å². The van der Waals surface area contributed by atoms with Crippen molar-refractivity contribution in [1.82, 2.24) is 10.3 Å². The van der Waals surface area contributed by atoms with Crippen LogP contribution >= 0.6 is 11.3 Å². The monoisotopic (exact) mass is 479 g/mol. The minimum atomic E-state index is -4.99. The highest BCUT2D eigenvalue weighted by atomic mass is 32.1. The van der Waals surface area contributed by atoms with E-state index in [-0.39, 0.29) is 18.5 Å². The Morgan fingerprint density at radius 3 is 2.09 bits per heavy atom. The summed E-state index contributed by atoms with van der Waals surface area (Å²) in [6.45, 7) is 2.13. The van der Waals surface area contributed by atoms with Crippen LogP contribution in [0.2, 0.25) is 0 Å². The van der Waals surface area contributed by atoms with Gasteiger partial charge in [-0.25, -0.2) is 4.98 Å². The molecule has 0 unspecified atom stereocenters. The van der Waals surface area contributed by atoms with E-state index in [1.807, 2.05) is 19.4 Å². The summed E-state index contributed by atoms with van der Waals surface area (Å²) >= 11 is 1.57. The molecule has 4 nitrogen and oxygen atoms in total. The van der Waals surface area contributed by atoms with E-state index in [1.165, 1.54) is 0 Å². The molecule has 3 rings (SSSR count). The first-order valence-electron chi connectivity index (χ1n) is 10.1. The van der Waals surface area contributed by atoms with Crippen molar-refractivity contribution in [3.63, 3.8) is 0 Å².